The Kier molecular flexibility index (Phi) is 4.31. The molecule has 2 N–H and O–H groups in total. The number of aliphatic hydroxyl groups excluding tert-OH is 1. The molecule has 0 amide bonds. The zero-order valence-electron chi connectivity index (χ0n) is 10.0. The Morgan fingerprint density at radius 2 is 1.67 bits per heavy atom. The minimum atomic E-state index is -0.302. The molecule has 2 nitrogen and oxygen atoms in total. The van der Waals surface area contributed by atoms with Crippen LogP contribution in [0.15, 0.2) is 54.6 Å². The summed E-state index contributed by atoms with van der Waals surface area (Å²) in [5.41, 5.74) is 1.54. The molecule has 0 saturated carbocycles. The third-order valence-electron chi connectivity index (χ3n) is 2.78. The predicted octanol–water partition coefficient (Wildman–Crippen LogP) is 2.84. The molecule has 0 radical (unpaired) electrons. The van der Waals surface area contributed by atoms with Crippen LogP contribution in [-0.4, -0.2) is 17.8 Å². The standard InChI is InChI=1S/C15H16FNO/c16-14-8-4-5-9-15(14)17-13(11-18)10-12-6-2-1-3-7-12/h1-9,13,17-18H,10-11H2. The first kappa shape index (κ1) is 12.6. The van der Waals surface area contributed by atoms with Crippen molar-refractivity contribution in [3.63, 3.8) is 0 Å². The van der Waals surface area contributed by atoms with Crippen molar-refractivity contribution in [2.24, 2.45) is 0 Å². The molecule has 0 heterocycles. The van der Waals surface area contributed by atoms with Crippen LogP contribution in [0.5, 0.6) is 0 Å². The highest BCUT2D eigenvalue weighted by Gasteiger charge is 2.10. The van der Waals surface area contributed by atoms with E-state index in [1.165, 1.54) is 6.07 Å². The third-order valence-corrected chi connectivity index (χ3v) is 2.78. The highest BCUT2D eigenvalue weighted by atomic mass is 19.1. The van der Waals surface area contributed by atoms with E-state index in [-0.39, 0.29) is 18.5 Å². The molecule has 0 fully saturated rings. The number of para-hydroxylation sites is 1. The SMILES string of the molecule is OCC(Cc1ccccc1)Nc1ccccc1F. The van der Waals surface area contributed by atoms with Crippen LogP contribution < -0.4 is 5.32 Å². The van der Waals surface area contributed by atoms with Crippen LogP contribution in [0.1, 0.15) is 5.56 Å². The minimum Gasteiger partial charge on any atom is -0.394 e. The van der Waals surface area contributed by atoms with Gasteiger partial charge in [-0.15, -0.1) is 0 Å². The van der Waals surface area contributed by atoms with Crippen LogP contribution in [0.3, 0.4) is 0 Å². The molecule has 2 aromatic rings. The Hall–Kier alpha value is -1.87. The van der Waals surface area contributed by atoms with Gasteiger partial charge in [-0.25, -0.2) is 4.39 Å². The Labute approximate surface area is 106 Å². The van der Waals surface area contributed by atoms with Crippen molar-refractivity contribution in [3.05, 3.63) is 66.0 Å². The van der Waals surface area contributed by atoms with Crippen LogP contribution >= 0.6 is 0 Å². The molecule has 1 atom stereocenters. The lowest BCUT2D eigenvalue weighted by Crippen LogP contribution is -2.26. The lowest BCUT2D eigenvalue weighted by atomic mass is 10.1. The number of benzene rings is 2. The zero-order chi connectivity index (χ0) is 12.8. The Bertz CT molecular complexity index is 487. The lowest BCUT2D eigenvalue weighted by Gasteiger charge is -2.18. The van der Waals surface area contributed by atoms with Gasteiger partial charge < -0.3 is 10.4 Å². The fraction of sp³-hybridized carbons (Fsp3) is 0.200. The van der Waals surface area contributed by atoms with Crippen LogP contribution in [-0.2, 0) is 6.42 Å². The number of rotatable bonds is 5. The van der Waals surface area contributed by atoms with Gasteiger partial charge in [0.25, 0.3) is 0 Å². The maximum absolute atomic E-state index is 13.5. The van der Waals surface area contributed by atoms with Crippen molar-refractivity contribution in [2.45, 2.75) is 12.5 Å². The van der Waals surface area contributed by atoms with Gasteiger partial charge in [-0.3, -0.25) is 0 Å². The third kappa shape index (κ3) is 3.31. The molecular formula is C15H16FNO. The van der Waals surface area contributed by atoms with E-state index in [2.05, 4.69) is 5.32 Å². The van der Waals surface area contributed by atoms with Crippen LogP contribution in [0.2, 0.25) is 0 Å². The van der Waals surface area contributed by atoms with Gasteiger partial charge in [0.1, 0.15) is 5.82 Å². The Balaban J connectivity index is 2.04. The Morgan fingerprint density at radius 1 is 1.00 bits per heavy atom. The fourth-order valence-electron chi connectivity index (χ4n) is 1.86. The van der Waals surface area contributed by atoms with Crippen molar-refractivity contribution in [3.8, 4) is 0 Å². The first-order valence-corrected chi connectivity index (χ1v) is 5.95. The monoisotopic (exact) mass is 245 g/mol. The van der Waals surface area contributed by atoms with E-state index in [1.54, 1.807) is 18.2 Å². The van der Waals surface area contributed by atoms with Gasteiger partial charge in [0, 0.05) is 0 Å². The van der Waals surface area contributed by atoms with Crippen molar-refractivity contribution < 1.29 is 9.50 Å². The number of hydrogen-bond donors (Lipinski definition) is 2. The van der Waals surface area contributed by atoms with E-state index in [0.717, 1.165) is 5.56 Å². The van der Waals surface area contributed by atoms with Crippen molar-refractivity contribution in [1.82, 2.24) is 0 Å². The van der Waals surface area contributed by atoms with E-state index in [0.29, 0.717) is 12.1 Å². The molecule has 0 aliphatic heterocycles. The summed E-state index contributed by atoms with van der Waals surface area (Å²) in [5.74, 6) is -0.302. The second-order valence-electron chi connectivity index (χ2n) is 4.19. The van der Waals surface area contributed by atoms with Gasteiger partial charge in [0.2, 0.25) is 0 Å². The molecule has 3 heteroatoms. The molecule has 0 aliphatic carbocycles. The number of halogens is 1. The molecule has 94 valence electrons. The number of anilines is 1. The van der Waals surface area contributed by atoms with Gasteiger partial charge in [0.15, 0.2) is 0 Å². The molecule has 0 spiro atoms. The summed E-state index contributed by atoms with van der Waals surface area (Å²) in [6.45, 7) is -0.0385. The maximum Gasteiger partial charge on any atom is 0.146 e. The van der Waals surface area contributed by atoms with Crippen LogP contribution in [0, 0.1) is 5.82 Å². The van der Waals surface area contributed by atoms with Crippen LogP contribution in [0.4, 0.5) is 10.1 Å². The fourth-order valence-corrected chi connectivity index (χ4v) is 1.86. The molecule has 0 aromatic heterocycles. The number of hydrogen-bond acceptors (Lipinski definition) is 2. The molecule has 2 aromatic carbocycles. The molecule has 2 rings (SSSR count). The average Bonchev–Trinajstić information content (AvgIpc) is 2.41. The summed E-state index contributed by atoms with van der Waals surface area (Å²) < 4.78 is 13.5. The topological polar surface area (TPSA) is 32.3 Å². The second kappa shape index (κ2) is 6.17. The maximum atomic E-state index is 13.5. The summed E-state index contributed by atoms with van der Waals surface area (Å²) in [6, 6.07) is 16.1. The molecule has 0 aliphatic rings. The van der Waals surface area contributed by atoms with Gasteiger partial charge in [-0.1, -0.05) is 42.5 Å². The minimum absolute atomic E-state index is 0.0385. The molecule has 0 saturated heterocycles. The van der Waals surface area contributed by atoms with E-state index in [9.17, 15) is 9.50 Å². The quantitative estimate of drug-likeness (QED) is 0.849. The first-order chi connectivity index (χ1) is 8.79. The largest absolute Gasteiger partial charge is 0.394 e. The predicted molar refractivity (Wildman–Crippen MR) is 71.0 cm³/mol. The lowest BCUT2D eigenvalue weighted by molar-refractivity contribution is 0.273. The number of nitrogens with one attached hydrogen (secondary N) is 1. The van der Waals surface area contributed by atoms with E-state index < -0.39 is 0 Å². The summed E-state index contributed by atoms with van der Waals surface area (Å²) >= 11 is 0. The summed E-state index contributed by atoms with van der Waals surface area (Å²) in [6.07, 6.45) is 0.658. The first-order valence-electron chi connectivity index (χ1n) is 5.95. The summed E-state index contributed by atoms with van der Waals surface area (Å²) in [7, 11) is 0. The summed E-state index contributed by atoms with van der Waals surface area (Å²) in [5, 5.41) is 12.4. The highest BCUT2D eigenvalue weighted by molar-refractivity contribution is 5.45. The van der Waals surface area contributed by atoms with E-state index in [4.69, 9.17) is 0 Å². The van der Waals surface area contributed by atoms with E-state index >= 15 is 0 Å². The van der Waals surface area contributed by atoms with E-state index in [1.807, 2.05) is 30.3 Å². The molecule has 18 heavy (non-hydrogen) atoms. The van der Waals surface area contributed by atoms with Crippen LogP contribution in [0.25, 0.3) is 0 Å². The zero-order valence-corrected chi connectivity index (χ0v) is 10.0. The highest BCUT2D eigenvalue weighted by Crippen LogP contribution is 2.15. The smallest absolute Gasteiger partial charge is 0.146 e. The molecule has 0 bridgehead atoms. The average molecular weight is 245 g/mol. The Morgan fingerprint density at radius 3 is 2.33 bits per heavy atom. The van der Waals surface area contributed by atoms with Gasteiger partial charge in [0.05, 0.1) is 18.3 Å². The number of aliphatic hydroxyl groups is 1. The van der Waals surface area contributed by atoms with Crippen molar-refractivity contribution in [1.29, 1.82) is 0 Å². The van der Waals surface area contributed by atoms with Crippen molar-refractivity contribution >= 4 is 5.69 Å². The molecule has 1 unspecified atom stereocenters. The normalized spacial score (nSPS) is 12.1. The summed E-state index contributed by atoms with van der Waals surface area (Å²) in [4.78, 5) is 0. The second-order valence-corrected chi connectivity index (χ2v) is 4.19. The van der Waals surface area contributed by atoms with Gasteiger partial charge >= 0.3 is 0 Å². The van der Waals surface area contributed by atoms with Gasteiger partial charge in [-0.05, 0) is 24.1 Å². The van der Waals surface area contributed by atoms with Crippen molar-refractivity contribution in [2.75, 3.05) is 11.9 Å². The molecular weight excluding hydrogens is 229 g/mol. The van der Waals surface area contributed by atoms with Gasteiger partial charge in [-0.2, -0.15) is 0 Å².